The second-order valence-electron chi connectivity index (χ2n) is 6.80. The first-order valence-corrected chi connectivity index (χ1v) is 10.4. The van der Waals surface area contributed by atoms with Crippen molar-refractivity contribution in [2.45, 2.75) is 27.3 Å². The molecule has 0 fully saturated rings. The molecule has 0 unspecified atom stereocenters. The Bertz CT molecular complexity index is 1170. The van der Waals surface area contributed by atoms with Crippen molar-refractivity contribution in [3.05, 3.63) is 74.1 Å². The van der Waals surface area contributed by atoms with E-state index in [0.717, 1.165) is 21.3 Å². The van der Waals surface area contributed by atoms with Crippen LogP contribution in [0.15, 0.2) is 47.5 Å². The number of amides is 1. The summed E-state index contributed by atoms with van der Waals surface area (Å²) in [5.41, 5.74) is 4.04. The summed E-state index contributed by atoms with van der Waals surface area (Å²) in [6.45, 7) is 7.82. The summed E-state index contributed by atoms with van der Waals surface area (Å²) < 4.78 is 8.62. The van der Waals surface area contributed by atoms with Crippen LogP contribution < -0.4 is 4.80 Å². The first-order valence-electron chi connectivity index (χ1n) is 9.58. The third-order valence-electron chi connectivity index (χ3n) is 4.51. The lowest BCUT2D eigenvalue weighted by Crippen LogP contribution is -2.19. The highest BCUT2D eigenvalue weighted by atomic mass is 32.1. The molecule has 0 N–H and O–H groups in total. The van der Waals surface area contributed by atoms with Gasteiger partial charge >= 0.3 is 0 Å². The van der Waals surface area contributed by atoms with Crippen LogP contribution >= 0.6 is 11.3 Å². The number of aromatic nitrogens is 1. The largest absolute Gasteiger partial charge is 0.380 e. The highest BCUT2D eigenvalue weighted by molar-refractivity contribution is 7.16. The minimum Gasteiger partial charge on any atom is -0.380 e. The maximum atomic E-state index is 12.5. The smallest absolute Gasteiger partial charge is 0.272 e. The van der Waals surface area contributed by atoms with Crippen LogP contribution in [0.25, 0.3) is 16.3 Å². The molecule has 0 aliphatic carbocycles. The van der Waals surface area contributed by atoms with Gasteiger partial charge in [0, 0.05) is 31.4 Å². The summed E-state index contributed by atoms with van der Waals surface area (Å²) in [7, 11) is 0. The van der Waals surface area contributed by atoms with E-state index >= 15 is 0 Å². The van der Waals surface area contributed by atoms with E-state index in [4.69, 9.17) is 4.74 Å². The Balaban J connectivity index is 1.93. The van der Waals surface area contributed by atoms with Crippen LogP contribution in [-0.2, 0) is 16.1 Å². The van der Waals surface area contributed by atoms with Crippen LogP contribution in [0.4, 0.5) is 5.69 Å². The lowest BCUT2D eigenvalue weighted by Gasteiger charge is -2.06. The van der Waals surface area contributed by atoms with Gasteiger partial charge in [-0.3, -0.25) is 14.9 Å². The topological polar surface area (TPSA) is 86.7 Å². The molecule has 0 saturated heterocycles. The fraction of sp³-hybridized carbons (Fsp3) is 0.273. The van der Waals surface area contributed by atoms with Gasteiger partial charge in [-0.05, 0) is 61.7 Å². The zero-order chi connectivity index (χ0) is 21.7. The van der Waals surface area contributed by atoms with Crippen LogP contribution in [0, 0.1) is 24.0 Å². The molecule has 3 aromatic rings. The lowest BCUT2D eigenvalue weighted by atomic mass is 10.1. The predicted octanol–water partition coefficient (Wildman–Crippen LogP) is 4.41. The quantitative estimate of drug-likeness (QED) is 0.243. The Kier molecular flexibility index (Phi) is 6.91. The molecular weight excluding hydrogens is 402 g/mol. The van der Waals surface area contributed by atoms with Gasteiger partial charge in [-0.2, -0.15) is 4.99 Å². The molecule has 2 aromatic carbocycles. The van der Waals surface area contributed by atoms with Crippen molar-refractivity contribution in [3.8, 4) is 0 Å². The maximum Gasteiger partial charge on any atom is 0.272 e. The molecule has 8 heteroatoms. The minimum absolute atomic E-state index is 0.00874. The second kappa shape index (κ2) is 9.60. The monoisotopic (exact) mass is 425 g/mol. The Hall–Kier alpha value is -3.10. The van der Waals surface area contributed by atoms with Gasteiger partial charge in [-0.1, -0.05) is 17.4 Å². The van der Waals surface area contributed by atoms with E-state index in [9.17, 15) is 14.9 Å². The molecule has 0 aliphatic heterocycles. The van der Waals surface area contributed by atoms with Gasteiger partial charge in [-0.25, -0.2) is 0 Å². The maximum absolute atomic E-state index is 12.5. The SMILES string of the molecule is CCOCCn1c(=NC(=O)C=Cc2ccc([N+](=O)[O-])cc2)sc2c(C)cc(C)cc21. The van der Waals surface area contributed by atoms with E-state index in [-0.39, 0.29) is 11.6 Å². The van der Waals surface area contributed by atoms with Crippen molar-refractivity contribution in [3.63, 3.8) is 0 Å². The van der Waals surface area contributed by atoms with Crippen molar-refractivity contribution < 1.29 is 14.5 Å². The van der Waals surface area contributed by atoms with Gasteiger partial charge in [0.25, 0.3) is 11.6 Å². The second-order valence-corrected chi connectivity index (χ2v) is 7.77. The number of benzene rings is 2. The predicted molar refractivity (Wildman–Crippen MR) is 118 cm³/mol. The van der Waals surface area contributed by atoms with E-state index in [1.54, 1.807) is 18.2 Å². The number of thiazole rings is 1. The summed E-state index contributed by atoms with van der Waals surface area (Å²) in [4.78, 5) is 27.7. The number of nitro benzene ring substituents is 1. The number of hydrogen-bond donors (Lipinski definition) is 0. The van der Waals surface area contributed by atoms with Crippen LogP contribution in [-0.4, -0.2) is 28.6 Å². The zero-order valence-corrected chi connectivity index (χ0v) is 17.9. The third kappa shape index (κ3) is 5.08. The highest BCUT2D eigenvalue weighted by Gasteiger charge is 2.10. The number of ether oxygens (including phenoxy) is 1. The number of aryl methyl sites for hydroxylation is 2. The first kappa shape index (κ1) is 21.6. The van der Waals surface area contributed by atoms with Gasteiger partial charge in [0.05, 0.1) is 21.7 Å². The fourth-order valence-electron chi connectivity index (χ4n) is 3.12. The molecule has 0 spiro atoms. The number of carbonyl (C=O) groups excluding carboxylic acids is 1. The van der Waals surface area contributed by atoms with E-state index in [0.29, 0.717) is 30.1 Å². The van der Waals surface area contributed by atoms with Gasteiger partial charge in [-0.15, -0.1) is 0 Å². The Morgan fingerprint density at radius 3 is 2.67 bits per heavy atom. The van der Waals surface area contributed by atoms with Crippen molar-refractivity contribution in [2.75, 3.05) is 13.2 Å². The van der Waals surface area contributed by atoms with Gasteiger partial charge in [0.15, 0.2) is 4.80 Å². The van der Waals surface area contributed by atoms with Crippen molar-refractivity contribution in [1.82, 2.24) is 4.57 Å². The van der Waals surface area contributed by atoms with Crippen LogP contribution in [0.3, 0.4) is 0 Å². The third-order valence-corrected chi connectivity index (χ3v) is 5.74. The molecular formula is C22H23N3O4S. The number of fused-ring (bicyclic) bond motifs is 1. The number of nitro groups is 1. The zero-order valence-electron chi connectivity index (χ0n) is 17.1. The normalized spacial score (nSPS) is 12.2. The van der Waals surface area contributed by atoms with Crippen molar-refractivity contribution in [2.24, 2.45) is 4.99 Å². The van der Waals surface area contributed by atoms with Crippen molar-refractivity contribution >= 4 is 39.2 Å². The van der Waals surface area contributed by atoms with Gasteiger partial charge < -0.3 is 9.30 Å². The van der Waals surface area contributed by atoms with E-state index in [2.05, 4.69) is 24.0 Å². The van der Waals surface area contributed by atoms with Gasteiger partial charge in [0.1, 0.15) is 0 Å². The minimum atomic E-state index is -0.458. The van der Waals surface area contributed by atoms with Gasteiger partial charge in [0.2, 0.25) is 0 Å². The van der Waals surface area contributed by atoms with E-state index in [1.165, 1.54) is 29.5 Å². The van der Waals surface area contributed by atoms with Crippen LogP contribution in [0.5, 0.6) is 0 Å². The molecule has 1 aromatic heterocycles. The molecule has 1 heterocycles. The molecule has 3 rings (SSSR count). The standard InChI is InChI=1S/C22H23N3O4S/c1-4-29-12-11-24-19-14-15(2)13-16(3)21(19)30-22(24)23-20(26)10-7-17-5-8-18(9-6-17)25(27)28/h5-10,13-14H,4,11-12H2,1-3H3. The molecule has 0 bridgehead atoms. The Morgan fingerprint density at radius 1 is 1.27 bits per heavy atom. The summed E-state index contributed by atoms with van der Waals surface area (Å²) in [5.74, 6) is -0.389. The average Bonchev–Trinajstić information content (AvgIpc) is 3.04. The highest BCUT2D eigenvalue weighted by Crippen LogP contribution is 2.23. The summed E-state index contributed by atoms with van der Waals surface area (Å²) in [6.07, 6.45) is 2.97. The average molecular weight is 426 g/mol. The number of nitrogens with zero attached hydrogens (tertiary/aromatic N) is 3. The van der Waals surface area contributed by atoms with E-state index < -0.39 is 4.92 Å². The number of non-ortho nitro benzene ring substituents is 1. The number of carbonyl (C=O) groups is 1. The Labute approximate surface area is 178 Å². The van der Waals surface area contributed by atoms with Crippen LogP contribution in [0.2, 0.25) is 0 Å². The molecule has 0 aliphatic rings. The van der Waals surface area contributed by atoms with E-state index in [1.807, 2.05) is 18.4 Å². The van der Waals surface area contributed by atoms with Crippen molar-refractivity contribution in [1.29, 1.82) is 0 Å². The van der Waals surface area contributed by atoms with Crippen LogP contribution in [0.1, 0.15) is 23.6 Å². The fourth-order valence-corrected chi connectivity index (χ4v) is 4.23. The number of rotatable bonds is 7. The Morgan fingerprint density at radius 2 is 2.00 bits per heavy atom. The molecule has 0 atom stereocenters. The summed E-state index contributed by atoms with van der Waals surface area (Å²) >= 11 is 1.48. The summed E-state index contributed by atoms with van der Waals surface area (Å²) in [5, 5.41) is 10.7. The summed E-state index contributed by atoms with van der Waals surface area (Å²) in [6, 6.07) is 10.2. The molecule has 7 nitrogen and oxygen atoms in total. The lowest BCUT2D eigenvalue weighted by molar-refractivity contribution is -0.384. The molecule has 156 valence electrons. The first-order chi connectivity index (χ1) is 14.4. The molecule has 0 saturated carbocycles. The molecule has 30 heavy (non-hydrogen) atoms. The molecule has 1 amide bonds. The number of hydrogen-bond acceptors (Lipinski definition) is 5. The molecule has 0 radical (unpaired) electrons.